The molecule has 9 nitrogen and oxygen atoms in total. The highest BCUT2D eigenvalue weighted by molar-refractivity contribution is 7.88. The number of hydrogen-bond acceptors (Lipinski definition) is 9. The maximum Gasteiger partial charge on any atom is 0.257 e. The van der Waals surface area contributed by atoms with E-state index in [0.717, 1.165) is 11.2 Å². The lowest BCUT2D eigenvalue weighted by Gasteiger charge is -2.40. The van der Waals surface area contributed by atoms with Crippen molar-refractivity contribution in [1.82, 2.24) is 9.31 Å². The number of hydrogen-bond donors (Lipinski definition) is 3. The minimum atomic E-state index is -3.96. The smallest absolute Gasteiger partial charge is 0.257 e. The van der Waals surface area contributed by atoms with Crippen LogP contribution in [0.1, 0.15) is 22.5 Å². The molecule has 0 aliphatic carbocycles. The first kappa shape index (κ1) is 19.0. The van der Waals surface area contributed by atoms with Crippen LogP contribution in [0.4, 0.5) is 0 Å². The van der Waals surface area contributed by atoms with Gasteiger partial charge in [-0.1, -0.05) is 6.07 Å². The zero-order valence-corrected chi connectivity index (χ0v) is 14.5. The number of aliphatic hydroxyl groups is 2. The summed E-state index contributed by atoms with van der Waals surface area (Å²) in [5, 5.41) is 22.1. The third kappa shape index (κ3) is 3.99. The van der Waals surface area contributed by atoms with Gasteiger partial charge in [0.1, 0.15) is 12.5 Å². The summed E-state index contributed by atoms with van der Waals surface area (Å²) in [6.45, 7) is -0.296. The Balaban J connectivity index is 2.14. The van der Waals surface area contributed by atoms with E-state index in [1.54, 1.807) is 17.5 Å². The minimum absolute atomic E-state index is 0.0497. The number of rotatable bonds is 5. The molecule has 1 saturated heterocycles. The van der Waals surface area contributed by atoms with Crippen LogP contribution < -0.4 is 5.84 Å². The highest BCUT2D eigenvalue weighted by Crippen LogP contribution is 2.28. The number of carbonyl (C=O) groups excluding carboxylic acids is 2. The highest BCUT2D eigenvalue weighted by Gasteiger charge is 2.42. The summed E-state index contributed by atoms with van der Waals surface area (Å²) in [6.07, 6.45) is -1.71. The van der Waals surface area contributed by atoms with Gasteiger partial charge in [0.25, 0.3) is 5.91 Å². The van der Waals surface area contributed by atoms with Crippen LogP contribution in [-0.4, -0.2) is 64.9 Å². The first-order valence-electron chi connectivity index (χ1n) is 7.10. The van der Waals surface area contributed by atoms with E-state index < -0.39 is 34.3 Å². The molecule has 3 unspecified atom stereocenters. The predicted octanol–water partition coefficient (Wildman–Crippen LogP) is -1.06. The van der Waals surface area contributed by atoms with Crippen LogP contribution in [0.25, 0.3) is 0 Å². The Bertz CT molecular complexity index is 705. The predicted molar refractivity (Wildman–Crippen MR) is 86.0 cm³/mol. The lowest BCUT2D eigenvalue weighted by molar-refractivity contribution is -0.169. The fourth-order valence-electron chi connectivity index (χ4n) is 2.51. The Morgan fingerprint density at radius 3 is 2.62 bits per heavy atom. The van der Waals surface area contributed by atoms with Crippen molar-refractivity contribution in [2.45, 2.75) is 25.3 Å². The number of likely N-dealkylation sites (tertiary alicyclic amines) is 1. The number of ketones is 1. The molecule has 24 heavy (non-hydrogen) atoms. The summed E-state index contributed by atoms with van der Waals surface area (Å²) in [5.41, 5.74) is 0. The molecule has 3 atom stereocenters. The van der Waals surface area contributed by atoms with Gasteiger partial charge in [-0.25, -0.2) is 19.2 Å². The fourth-order valence-corrected chi connectivity index (χ4v) is 3.63. The second-order valence-electron chi connectivity index (χ2n) is 5.55. The van der Waals surface area contributed by atoms with Gasteiger partial charge < -0.3 is 10.2 Å². The second kappa shape index (κ2) is 7.25. The molecular formula is C13H19N3O6S2. The molecule has 1 aliphatic rings. The van der Waals surface area contributed by atoms with Crippen LogP contribution in [0, 0.1) is 5.92 Å². The van der Waals surface area contributed by atoms with E-state index in [0.29, 0.717) is 4.88 Å². The fraction of sp³-hybridized carbons (Fsp3) is 0.538. The Morgan fingerprint density at radius 1 is 1.42 bits per heavy atom. The summed E-state index contributed by atoms with van der Waals surface area (Å²) in [4.78, 5) is 25.9. The molecule has 11 heteroatoms. The molecule has 1 fully saturated rings. The zero-order valence-electron chi connectivity index (χ0n) is 12.9. The SMILES string of the molecule is CS(=O)(=O)N(N)C(=O)C1CCC(O)N(CC(=O)c2cccs2)C1O. The average Bonchev–Trinajstić information content (AvgIpc) is 3.03. The molecule has 0 spiro atoms. The Hall–Kier alpha value is -1.37. The maximum absolute atomic E-state index is 12.2. The quantitative estimate of drug-likeness (QED) is 0.255. The molecule has 2 heterocycles. The normalized spacial score (nSPS) is 25.4. The van der Waals surface area contributed by atoms with Crippen molar-refractivity contribution in [2.24, 2.45) is 11.8 Å². The number of piperidine rings is 1. The number of nitrogens with zero attached hydrogens (tertiary/aromatic N) is 2. The van der Waals surface area contributed by atoms with Crippen molar-refractivity contribution in [3.05, 3.63) is 22.4 Å². The van der Waals surface area contributed by atoms with Gasteiger partial charge in [0.2, 0.25) is 10.0 Å². The van der Waals surface area contributed by atoms with Crippen molar-refractivity contribution in [2.75, 3.05) is 12.8 Å². The third-order valence-corrected chi connectivity index (χ3v) is 5.64. The van der Waals surface area contributed by atoms with Crippen molar-refractivity contribution in [1.29, 1.82) is 0 Å². The topological polar surface area (TPSA) is 141 Å². The van der Waals surface area contributed by atoms with Crippen LogP contribution in [0.5, 0.6) is 0 Å². The number of Topliss-reactive ketones (excluding diaryl/α,β-unsaturated/α-hetero) is 1. The van der Waals surface area contributed by atoms with Gasteiger partial charge in [0.05, 0.1) is 23.6 Å². The number of nitrogens with two attached hydrogens (primary N) is 1. The maximum atomic E-state index is 12.2. The summed E-state index contributed by atoms with van der Waals surface area (Å²) in [5.74, 6) is 2.84. The van der Waals surface area contributed by atoms with Crippen LogP contribution in [-0.2, 0) is 14.8 Å². The van der Waals surface area contributed by atoms with E-state index in [4.69, 9.17) is 5.84 Å². The number of thiophene rings is 1. The molecule has 0 aromatic carbocycles. The number of aliphatic hydroxyl groups excluding tert-OH is 2. The molecule has 0 radical (unpaired) electrons. The van der Waals surface area contributed by atoms with Crippen LogP contribution in [0.15, 0.2) is 17.5 Å². The lowest BCUT2D eigenvalue weighted by atomic mass is 9.93. The molecule has 134 valence electrons. The van der Waals surface area contributed by atoms with E-state index in [1.165, 1.54) is 11.3 Å². The third-order valence-electron chi connectivity index (χ3n) is 3.83. The van der Waals surface area contributed by atoms with Crippen molar-refractivity contribution >= 4 is 33.1 Å². The first-order valence-corrected chi connectivity index (χ1v) is 9.83. The second-order valence-corrected chi connectivity index (χ2v) is 8.36. The van der Waals surface area contributed by atoms with Gasteiger partial charge in [-0.05, 0) is 24.3 Å². The molecule has 1 aromatic rings. The highest BCUT2D eigenvalue weighted by atomic mass is 32.2. The van der Waals surface area contributed by atoms with Crippen LogP contribution in [0.3, 0.4) is 0 Å². The van der Waals surface area contributed by atoms with Gasteiger partial charge >= 0.3 is 0 Å². The molecule has 2 rings (SSSR count). The molecule has 1 amide bonds. The minimum Gasteiger partial charge on any atom is -0.378 e. The van der Waals surface area contributed by atoms with Gasteiger partial charge in [0.15, 0.2) is 5.78 Å². The average molecular weight is 377 g/mol. The number of sulfonamides is 1. The van der Waals surface area contributed by atoms with Crippen molar-refractivity contribution in [3.8, 4) is 0 Å². The summed E-state index contributed by atoms with van der Waals surface area (Å²) in [7, 11) is -3.96. The standard InChI is InChI=1S/C13H19N3O6S2/c1-24(21,22)16(14)13(20)8-4-5-11(18)15(12(8)19)7-9(17)10-3-2-6-23-10/h2-3,6,8,11-12,18-19H,4-5,7,14H2,1H3. The van der Waals surface area contributed by atoms with Crippen LogP contribution >= 0.6 is 11.3 Å². The summed E-state index contributed by atoms with van der Waals surface area (Å²) in [6, 6.07) is 3.31. The van der Waals surface area contributed by atoms with E-state index in [9.17, 15) is 28.2 Å². The molecule has 0 saturated carbocycles. The Morgan fingerprint density at radius 2 is 2.08 bits per heavy atom. The monoisotopic (exact) mass is 377 g/mol. The molecular weight excluding hydrogens is 358 g/mol. The number of amides is 1. The van der Waals surface area contributed by atoms with E-state index in [2.05, 4.69) is 0 Å². The van der Waals surface area contributed by atoms with Gasteiger partial charge in [-0.2, -0.15) is 4.41 Å². The van der Waals surface area contributed by atoms with Crippen LogP contribution in [0.2, 0.25) is 0 Å². The van der Waals surface area contributed by atoms with E-state index in [-0.39, 0.29) is 29.6 Å². The zero-order chi connectivity index (χ0) is 18.1. The van der Waals surface area contributed by atoms with E-state index >= 15 is 0 Å². The van der Waals surface area contributed by atoms with Gasteiger partial charge in [0, 0.05) is 0 Å². The number of hydrazine groups is 1. The van der Waals surface area contributed by atoms with Gasteiger partial charge in [-0.15, -0.1) is 11.3 Å². The first-order chi connectivity index (χ1) is 11.1. The Labute approximate surface area is 143 Å². The van der Waals surface area contributed by atoms with Gasteiger partial charge in [-0.3, -0.25) is 9.59 Å². The molecule has 4 N–H and O–H groups in total. The summed E-state index contributed by atoms with van der Waals surface area (Å²) < 4.78 is 22.8. The molecule has 1 aliphatic heterocycles. The van der Waals surface area contributed by atoms with E-state index in [1.807, 2.05) is 0 Å². The molecule has 0 bridgehead atoms. The lowest BCUT2D eigenvalue weighted by Crippen LogP contribution is -2.58. The summed E-state index contributed by atoms with van der Waals surface area (Å²) >= 11 is 1.22. The van der Waals surface area contributed by atoms with Crippen molar-refractivity contribution < 1.29 is 28.2 Å². The number of carbonyl (C=O) groups is 2. The van der Waals surface area contributed by atoms with Crippen molar-refractivity contribution in [3.63, 3.8) is 0 Å². The Kier molecular flexibility index (Phi) is 5.73. The largest absolute Gasteiger partial charge is 0.378 e. The molecule has 1 aromatic heterocycles.